The second kappa shape index (κ2) is 11.6. The van der Waals surface area contributed by atoms with E-state index >= 15 is 0 Å². The van der Waals surface area contributed by atoms with E-state index in [1.165, 1.54) is 6.21 Å². The average Bonchev–Trinajstić information content (AvgIpc) is 2.75. The Morgan fingerprint density at radius 2 is 1.81 bits per heavy atom. The number of esters is 1. The van der Waals surface area contributed by atoms with Crippen LogP contribution in [0.15, 0.2) is 74.7 Å². The largest absolute Gasteiger partial charge is 0.421 e. The summed E-state index contributed by atoms with van der Waals surface area (Å²) >= 11 is 8.93. The predicted molar refractivity (Wildman–Crippen MR) is 141 cm³/mol. The molecule has 6 nitrogen and oxygen atoms in total. The molecule has 0 spiro atoms. The Hall–Kier alpha value is -2.24. The zero-order chi connectivity index (χ0) is 23.1. The van der Waals surface area contributed by atoms with Gasteiger partial charge in [-0.25, -0.2) is 10.2 Å². The van der Waals surface area contributed by atoms with Gasteiger partial charge in [0.05, 0.1) is 22.8 Å². The standard InChI is InChI=1S/C23H18Br2IN3O3/c1-14-6-2-5-9-20(14)27-13-21(30)29-28-12-15-10-16(24)11-18(25)22(15)32-23(31)17-7-3-4-8-19(17)26/h2-12,27H,13H2,1H3,(H,29,30). The average molecular weight is 671 g/mol. The summed E-state index contributed by atoms with van der Waals surface area (Å²) < 4.78 is 7.76. The number of hydrazone groups is 1. The number of halogens is 3. The molecule has 0 atom stereocenters. The van der Waals surface area contributed by atoms with Gasteiger partial charge in [0.1, 0.15) is 0 Å². The maximum absolute atomic E-state index is 12.7. The summed E-state index contributed by atoms with van der Waals surface area (Å²) in [7, 11) is 0. The first-order chi connectivity index (χ1) is 15.3. The van der Waals surface area contributed by atoms with Crippen molar-refractivity contribution >= 4 is 78.2 Å². The van der Waals surface area contributed by atoms with Gasteiger partial charge in [-0.15, -0.1) is 0 Å². The number of nitrogens with zero attached hydrogens (tertiary/aromatic N) is 1. The summed E-state index contributed by atoms with van der Waals surface area (Å²) in [5, 5.41) is 7.09. The third-order valence-corrected chi connectivity index (χ3v) is 6.29. The number of nitrogens with one attached hydrogen (secondary N) is 2. The van der Waals surface area contributed by atoms with E-state index in [0.717, 1.165) is 19.3 Å². The number of aryl methyl sites for hydroxylation is 1. The fourth-order valence-corrected chi connectivity index (χ4v) is 4.67. The van der Waals surface area contributed by atoms with Gasteiger partial charge in [-0.3, -0.25) is 4.79 Å². The first kappa shape index (κ1) is 24.4. The molecule has 32 heavy (non-hydrogen) atoms. The minimum absolute atomic E-state index is 0.0681. The highest BCUT2D eigenvalue weighted by molar-refractivity contribution is 14.1. The molecule has 2 N–H and O–H groups in total. The summed E-state index contributed by atoms with van der Waals surface area (Å²) in [6.07, 6.45) is 1.43. The predicted octanol–water partition coefficient (Wildman–Crippen LogP) is 5.91. The number of anilines is 1. The fourth-order valence-electron chi connectivity index (χ4n) is 2.72. The van der Waals surface area contributed by atoms with Crippen molar-refractivity contribution in [3.8, 4) is 5.75 Å². The van der Waals surface area contributed by atoms with E-state index < -0.39 is 5.97 Å². The van der Waals surface area contributed by atoms with Crippen molar-refractivity contribution in [2.75, 3.05) is 11.9 Å². The highest BCUT2D eigenvalue weighted by Crippen LogP contribution is 2.33. The SMILES string of the molecule is Cc1ccccc1NCC(=O)NN=Cc1cc(Br)cc(Br)c1OC(=O)c1ccccc1I. The van der Waals surface area contributed by atoms with Gasteiger partial charge >= 0.3 is 5.97 Å². The number of benzene rings is 3. The summed E-state index contributed by atoms with van der Waals surface area (Å²) in [6.45, 7) is 2.03. The highest BCUT2D eigenvalue weighted by Gasteiger charge is 2.17. The van der Waals surface area contributed by atoms with Crippen LogP contribution >= 0.6 is 54.5 Å². The first-order valence-corrected chi connectivity index (χ1v) is 12.1. The Labute approximate surface area is 216 Å². The molecule has 0 radical (unpaired) electrons. The molecule has 3 rings (SSSR count). The molecule has 164 valence electrons. The van der Waals surface area contributed by atoms with Crippen LogP contribution in [0.4, 0.5) is 5.69 Å². The molecule has 9 heteroatoms. The lowest BCUT2D eigenvalue weighted by Crippen LogP contribution is -2.26. The Morgan fingerprint density at radius 1 is 1.09 bits per heavy atom. The second-order valence-corrected chi connectivity index (χ2v) is 9.57. The van der Waals surface area contributed by atoms with Gasteiger partial charge < -0.3 is 10.1 Å². The van der Waals surface area contributed by atoms with Crippen molar-refractivity contribution < 1.29 is 14.3 Å². The molecule has 0 saturated carbocycles. The Kier molecular flexibility index (Phi) is 8.83. The molecular formula is C23H18Br2IN3O3. The zero-order valence-corrected chi connectivity index (χ0v) is 22.2. The van der Waals surface area contributed by atoms with E-state index in [0.29, 0.717) is 21.3 Å². The molecule has 0 aliphatic heterocycles. The second-order valence-electron chi connectivity index (χ2n) is 6.64. The van der Waals surface area contributed by atoms with Crippen molar-refractivity contribution in [3.05, 3.63) is 89.9 Å². The molecule has 0 fully saturated rings. The van der Waals surface area contributed by atoms with Crippen molar-refractivity contribution in [3.63, 3.8) is 0 Å². The van der Waals surface area contributed by atoms with Crippen LogP contribution in [0.3, 0.4) is 0 Å². The number of carbonyl (C=O) groups excluding carboxylic acids is 2. The number of carbonyl (C=O) groups is 2. The molecule has 0 unspecified atom stereocenters. The third-order valence-electron chi connectivity index (χ3n) is 4.30. The summed E-state index contributed by atoms with van der Waals surface area (Å²) in [5.74, 6) is -0.496. The fraction of sp³-hybridized carbons (Fsp3) is 0.0870. The quantitative estimate of drug-likeness (QED) is 0.108. The summed E-state index contributed by atoms with van der Waals surface area (Å²) in [5.41, 5.74) is 5.37. The third kappa shape index (κ3) is 6.63. The van der Waals surface area contributed by atoms with Crippen LogP contribution in [0.1, 0.15) is 21.5 Å². The summed E-state index contributed by atoms with van der Waals surface area (Å²) in [4.78, 5) is 24.8. The summed E-state index contributed by atoms with van der Waals surface area (Å²) in [6, 6.07) is 18.4. The van der Waals surface area contributed by atoms with Crippen LogP contribution in [0.5, 0.6) is 5.75 Å². The van der Waals surface area contributed by atoms with E-state index in [1.807, 2.05) is 43.3 Å². The molecular weight excluding hydrogens is 653 g/mol. The molecule has 3 aromatic carbocycles. The number of amides is 1. The van der Waals surface area contributed by atoms with Crippen molar-refractivity contribution in [1.29, 1.82) is 0 Å². The normalized spacial score (nSPS) is 10.8. The Balaban J connectivity index is 1.70. The maximum atomic E-state index is 12.7. The van der Waals surface area contributed by atoms with Gasteiger partial charge in [-0.1, -0.05) is 46.3 Å². The first-order valence-electron chi connectivity index (χ1n) is 9.42. The Morgan fingerprint density at radius 3 is 2.56 bits per heavy atom. The zero-order valence-electron chi connectivity index (χ0n) is 16.9. The molecule has 0 heterocycles. The van der Waals surface area contributed by atoms with Crippen molar-refractivity contribution in [2.45, 2.75) is 6.92 Å². The minimum atomic E-state index is -0.487. The van der Waals surface area contributed by atoms with E-state index in [9.17, 15) is 9.59 Å². The van der Waals surface area contributed by atoms with Crippen LogP contribution in [0.25, 0.3) is 0 Å². The van der Waals surface area contributed by atoms with Crippen LogP contribution < -0.4 is 15.5 Å². The minimum Gasteiger partial charge on any atom is -0.421 e. The van der Waals surface area contributed by atoms with Gasteiger partial charge in [0.25, 0.3) is 5.91 Å². The number of hydrogen-bond donors (Lipinski definition) is 2. The van der Waals surface area contributed by atoms with Crippen LogP contribution in [-0.4, -0.2) is 24.6 Å². The highest BCUT2D eigenvalue weighted by atomic mass is 127. The van der Waals surface area contributed by atoms with Crippen LogP contribution in [0.2, 0.25) is 0 Å². The van der Waals surface area contributed by atoms with Gasteiger partial charge in [-0.2, -0.15) is 5.10 Å². The van der Waals surface area contributed by atoms with E-state index in [-0.39, 0.29) is 12.5 Å². The van der Waals surface area contributed by atoms with Crippen LogP contribution in [0, 0.1) is 10.5 Å². The van der Waals surface area contributed by atoms with Crippen molar-refractivity contribution in [2.24, 2.45) is 5.10 Å². The monoisotopic (exact) mass is 669 g/mol. The van der Waals surface area contributed by atoms with Crippen molar-refractivity contribution in [1.82, 2.24) is 5.43 Å². The number of hydrogen-bond acceptors (Lipinski definition) is 5. The molecule has 0 saturated heterocycles. The lowest BCUT2D eigenvalue weighted by Gasteiger charge is -2.11. The molecule has 0 aromatic heterocycles. The lowest BCUT2D eigenvalue weighted by atomic mass is 10.2. The topological polar surface area (TPSA) is 79.8 Å². The number of para-hydroxylation sites is 1. The van der Waals surface area contributed by atoms with E-state index in [2.05, 4.69) is 70.3 Å². The smallest absolute Gasteiger partial charge is 0.344 e. The van der Waals surface area contributed by atoms with E-state index in [4.69, 9.17) is 4.74 Å². The van der Waals surface area contributed by atoms with Crippen LogP contribution in [-0.2, 0) is 4.79 Å². The molecule has 3 aromatic rings. The van der Waals surface area contributed by atoms with Gasteiger partial charge in [0, 0.05) is 19.3 Å². The van der Waals surface area contributed by atoms with Gasteiger partial charge in [0.2, 0.25) is 0 Å². The molecule has 0 bridgehead atoms. The molecule has 0 aliphatic carbocycles. The van der Waals surface area contributed by atoms with E-state index in [1.54, 1.807) is 24.3 Å². The number of rotatable bonds is 7. The molecule has 0 aliphatic rings. The lowest BCUT2D eigenvalue weighted by molar-refractivity contribution is -0.119. The Bertz CT molecular complexity index is 1180. The molecule has 1 amide bonds. The maximum Gasteiger partial charge on any atom is 0.344 e. The van der Waals surface area contributed by atoms with Gasteiger partial charge in [-0.05, 0) is 81.3 Å². The number of ether oxygens (including phenoxy) is 1. The van der Waals surface area contributed by atoms with Gasteiger partial charge in [0.15, 0.2) is 5.75 Å².